The fraction of sp³-hybridized carbons (Fsp3) is 0.458. The highest BCUT2D eigenvalue weighted by atomic mass is 16.5. The highest BCUT2D eigenvalue weighted by Crippen LogP contribution is 2.24. The maximum Gasteiger partial charge on any atom is 0.251 e. The van der Waals surface area contributed by atoms with E-state index < -0.39 is 0 Å². The van der Waals surface area contributed by atoms with Crippen LogP contribution in [0.5, 0.6) is 0 Å². The molecule has 2 aromatic rings. The lowest BCUT2D eigenvalue weighted by Crippen LogP contribution is -2.35. The Bertz CT molecular complexity index is 787. The first kappa shape index (κ1) is 20.6. The minimum atomic E-state index is -0.0376. The van der Waals surface area contributed by atoms with Crippen molar-refractivity contribution in [1.29, 1.82) is 0 Å². The van der Waals surface area contributed by atoms with E-state index in [1.54, 1.807) is 0 Å². The quantitative estimate of drug-likeness (QED) is 0.840. The van der Waals surface area contributed by atoms with Gasteiger partial charge in [-0.3, -0.25) is 9.69 Å². The molecule has 1 atom stereocenters. The summed E-state index contributed by atoms with van der Waals surface area (Å²) in [5, 5.41) is 3.13. The lowest BCUT2D eigenvalue weighted by atomic mass is 9.86. The van der Waals surface area contributed by atoms with Crippen LogP contribution in [0.25, 0.3) is 0 Å². The van der Waals surface area contributed by atoms with Crippen LogP contribution < -0.4 is 5.32 Å². The zero-order valence-corrected chi connectivity index (χ0v) is 17.5. The van der Waals surface area contributed by atoms with E-state index in [0.29, 0.717) is 5.56 Å². The van der Waals surface area contributed by atoms with Gasteiger partial charge in [-0.2, -0.15) is 0 Å². The van der Waals surface area contributed by atoms with Crippen LogP contribution in [-0.4, -0.2) is 37.1 Å². The predicted molar refractivity (Wildman–Crippen MR) is 114 cm³/mol. The van der Waals surface area contributed by atoms with Crippen molar-refractivity contribution < 1.29 is 9.53 Å². The van der Waals surface area contributed by atoms with Gasteiger partial charge in [-0.15, -0.1) is 0 Å². The highest BCUT2D eigenvalue weighted by Gasteiger charge is 2.16. The zero-order chi connectivity index (χ0) is 20.1. The second-order valence-electron chi connectivity index (χ2n) is 8.66. The van der Waals surface area contributed by atoms with E-state index in [2.05, 4.69) is 61.3 Å². The molecule has 0 radical (unpaired) electrons. The summed E-state index contributed by atoms with van der Waals surface area (Å²) < 4.78 is 5.41. The minimum absolute atomic E-state index is 0.0313. The van der Waals surface area contributed by atoms with Crippen LogP contribution in [0.4, 0.5) is 0 Å². The Morgan fingerprint density at radius 2 is 1.79 bits per heavy atom. The molecule has 1 fully saturated rings. The fourth-order valence-corrected chi connectivity index (χ4v) is 3.46. The molecule has 1 aliphatic rings. The van der Waals surface area contributed by atoms with Crippen molar-refractivity contribution in [2.75, 3.05) is 26.3 Å². The first-order chi connectivity index (χ1) is 13.3. The fourth-order valence-electron chi connectivity index (χ4n) is 3.46. The Labute approximate surface area is 168 Å². The molecule has 4 nitrogen and oxygen atoms in total. The van der Waals surface area contributed by atoms with E-state index in [1.165, 1.54) is 5.56 Å². The molecule has 28 heavy (non-hydrogen) atoms. The summed E-state index contributed by atoms with van der Waals surface area (Å²) in [5.41, 5.74) is 4.42. The summed E-state index contributed by atoms with van der Waals surface area (Å²) in [5.74, 6) is -0.0313. The van der Waals surface area contributed by atoms with Gasteiger partial charge in [0.15, 0.2) is 0 Å². The molecular formula is C24H32N2O2. The van der Waals surface area contributed by atoms with Crippen molar-refractivity contribution in [3.63, 3.8) is 0 Å². The number of benzene rings is 2. The number of amides is 1. The van der Waals surface area contributed by atoms with Crippen molar-refractivity contribution in [2.24, 2.45) is 0 Å². The number of rotatable bonds is 5. The van der Waals surface area contributed by atoms with Gasteiger partial charge in [0.25, 0.3) is 5.91 Å². The average Bonchev–Trinajstić information content (AvgIpc) is 2.68. The molecule has 1 heterocycles. The van der Waals surface area contributed by atoms with Crippen LogP contribution in [0.3, 0.4) is 0 Å². The molecule has 0 aromatic heterocycles. The monoisotopic (exact) mass is 380 g/mol. The van der Waals surface area contributed by atoms with E-state index in [1.807, 2.05) is 25.1 Å². The Morgan fingerprint density at radius 1 is 1.11 bits per heavy atom. The molecule has 0 bridgehead atoms. The van der Waals surface area contributed by atoms with E-state index in [9.17, 15) is 4.79 Å². The number of hydrogen-bond acceptors (Lipinski definition) is 3. The van der Waals surface area contributed by atoms with Crippen molar-refractivity contribution in [3.8, 4) is 0 Å². The van der Waals surface area contributed by atoms with Gasteiger partial charge in [0.2, 0.25) is 0 Å². The van der Waals surface area contributed by atoms with E-state index in [-0.39, 0.29) is 17.4 Å². The molecular weight excluding hydrogens is 348 g/mol. The lowest BCUT2D eigenvalue weighted by Gasteiger charge is -2.26. The van der Waals surface area contributed by atoms with Gasteiger partial charge in [-0.05, 0) is 41.2 Å². The van der Waals surface area contributed by atoms with E-state index in [4.69, 9.17) is 4.74 Å². The Kier molecular flexibility index (Phi) is 6.53. The van der Waals surface area contributed by atoms with Crippen LogP contribution in [-0.2, 0) is 16.7 Å². The molecule has 4 heteroatoms. The number of carbonyl (C=O) groups excluding carboxylic acids is 1. The molecule has 3 rings (SSSR count). The number of morpholine rings is 1. The van der Waals surface area contributed by atoms with Crippen LogP contribution in [0.2, 0.25) is 0 Å². The van der Waals surface area contributed by atoms with Gasteiger partial charge >= 0.3 is 0 Å². The van der Waals surface area contributed by atoms with Gasteiger partial charge in [0, 0.05) is 25.2 Å². The maximum absolute atomic E-state index is 12.8. The largest absolute Gasteiger partial charge is 0.379 e. The van der Waals surface area contributed by atoms with Gasteiger partial charge < -0.3 is 10.1 Å². The van der Waals surface area contributed by atoms with Crippen molar-refractivity contribution in [1.82, 2.24) is 10.2 Å². The molecule has 0 unspecified atom stereocenters. The zero-order valence-electron chi connectivity index (χ0n) is 17.5. The number of hydrogen-bond donors (Lipinski definition) is 1. The number of carbonyl (C=O) groups is 1. The Balaban J connectivity index is 1.63. The third-order valence-electron chi connectivity index (χ3n) is 5.32. The predicted octanol–water partition coefficient (Wildman–Crippen LogP) is 4.31. The van der Waals surface area contributed by atoms with Gasteiger partial charge in [0.05, 0.1) is 19.3 Å². The van der Waals surface area contributed by atoms with Crippen LogP contribution in [0, 0.1) is 0 Å². The molecule has 0 aliphatic carbocycles. The first-order valence-electron chi connectivity index (χ1n) is 10.1. The summed E-state index contributed by atoms with van der Waals surface area (Å²) in [4.78, 5) is 15.1. The van der Waals surface area contributed by atoms with Crippen LogP contribution >= 0.6 is 0 Å². The number of ether oxygens (including phenoxy) is 1. The number of nitrogens with one attached hydrogen (secondary N) is 1. The summed E-state index contributed by atoms with van der Waals surface area (Å²) >= 11 is 0. The molecule has 0 spiro atoms. The summed E-state index contributed by atoms with van der Waals surface area (Å²) in [7, 11) is 0. The van der Waals surface area contributed by atoms with Crippen LogP contribution in [0.15, 0.2) is 48.5 Å². The third-order valence-corrected chi connectivity index (χ3v) is 5.32. The van der Waals surface area contributed by atoms with Gasteiger partial charge in [0.1, 0.15) is 0 Å². The molecule has 2 aromatic carbocycles. The second kappa shape index (κ2) is 8.89. The van der Waals surface area contributed by atoms with Gasteiger partial charge in [-0.1, -0.05) is 57.2 Å². The Hall–Kier alpha value is -2.17. The van der Waals surface area contributed by atoms with E-state index >= 15 is 0 Å². The number of nitrogens with zero attached hydrogens (tertiary/aromatic N) is 1. The maximum atomic E-state index is 12.8. The smallest absolute Gasteiger partial charge is 0.251 e. The summed E-state index contributed by atoms with van der Waals surface area (Å²) in [6.07, 6.45) is 0. The lowest BCUT2D eigenvalue weighted by molar-refractivity contribution is 0.0342. The van der Waals surface area contributed by atoms with Crippen LogP contribution in [0.1, 0.15) is 60.8 Å². The summed E-state index contributed by atoms with van der Waals surface area (Å²) in [6.45, 7) is 13.0. The van der Waals surface area contributed by atoms with E-state index in [0.717, 1.165) is 44.0 Å². The highest BCUT2D eigenvalue weighted by molar-refractivity contribution is 5.94. The van der Waals surface area contributed by atoms with Crippen molar-refractivity contribution in [2.45, 2.75) is 45.7 Å². The third kappa shape index (κ3) is 5.43. The molecule has 0 saturated carbocycles. The SMILES string of the molecule is C[C@@H](NC(=O)c1cccc(CN2CCOCC2)c1)c1ccc(C(C)(C)C)cc1. The Morgan fingerprint density at radius 3 is 2.43 bits per heavy atom. The summed E-state index contributed by atoms with van der Waals surface area (Å²) in [6, 6.07) is 16.4. The molecule has 1 amide bonds. The molecule has 150 valence electrons. The van der Waals surface area contributed by atoms with Crippen molar-refractivity contribution >= 4 is 5.91 Å². The topological polar surface area (TPSA) is 41.6 Å². The molecule has 1 N–H and O–H groups in total. The molecule has 1 aliphatic heterocycles. The van der Waals surface area contributed by atoms with Gasteiger partial charge in [-0.25, -0.2) is 0 Å². The average molecular weight is 381 g/mol. The van der Waals surface area contributed by atoms with Crippen molar-refractivity contribution in [3.05, 3.63) is 70.8 Å². The standard InChI is InChI=1S/C24H32N2O2/c1-18(20-8-10-22(11-9-20)24(2,3)4)25-23(27)21-7-5-6-19(16-21)17-26-12-14-28-15-13-26/h5-11,16,18H,12-15,17H2,1-4H3,(H,25,27)/t18-/m1/s1. The first-order valence-corrected chi connectivity index (χ1v) is 10.1. The second-order valence-corrected chi connectivity index (χ2v) is 8.66. The minimum Gasteiger partial charge on any atom is -0.379 e. The molecule has 1 saturated heterocycles. The normalized spacial score (nSPS) is 16.6.